The van der Waals surface area contributed by atoms with Crippen molar-refractivity contribution in [3.8, 4) is 0 Å². The second-order valence-electron chi connectivity index (χ2n) is 8.75. The minimum absolute atomic E-state index is 0.0614. The zero-order valence-corrected chi connectivity index (χ0v) is 19.8. The van der Waals surface area contributed by atoms with Crippen LogP contribution in [0.15, 0.2) is 18.2 Å². The van der Waals surface area contributed by atoms with Gasteiger partial charge in [0.15, 0.2) is 6.61 Å². The van der Waals surface area contributed by atoms with Crippen LogP contribution in [0, 0.1) is 5.92 Å². The van der Waals surface area contributed by atoms with Crippen molar-refractivity contribution >= 4 is 45.9 Å². The summed E-state index contributed by atoms with van der Waals surface area (Å²) in [6.07, 6.45) is 3.20. The summed E-state index contributed by atoms with van der Waals surface area (Å²) in [5.74, 6) is -2.52. The van der Waals surface area contributed by atoms with Gasteiger partial charge in [0.1, 0.15) is 5.00 Å². The van der Waals surface area contributed by atoms with Crippen LogP contribution >= 0.6 is 11.3 Å². The van der Waals surface area contributed by atoms with Crippen molar-refractivity contribution < 1.29 is 28.7 Å². The molecule has 1 aliphatic heterocycles. The predicted octanol–water partition coefficient (Wildman–Crippen LogP) is 2.77. The van der Waals surface area contributed by atoms with Crippen LogP contribution in [0.25, 0.3) is 0 Å². The van der Waals surface area contributed by atoms with Crippen LogP contribution in [-0.2, 0) is 22.4 Å². The highest BCUT2D eigenvalue weighted by atomic mass is 32.1. The van der Waals surface area contributed by atoms with E-state index in [-0.39, 0.29) is 22.6 Å². The maximum atomic E-state index is 12.7. The molecule has 10 heteroatoms. The molecule has 2 aliphatic rings. The Morgan fingerprint density at radius 3 is 2.59 bits per heavy atom. The first-order valence-electron chi connectivity index (χ1n) is 11.1. The SMILES string of the molecule is CC(C)CCN1C(=O)c2ccc(C(=O)OCC(=O)Nc3sc4c(c3C(N)=O)CCC4)cc2C1=O. The summed E-state index contributed by atoms with van der Waals surface area (Å²) in [4.78, 5) is 64.1. The number of thiophene rings is 1. The van der Waals surface area contributed by atoms with Crippen LogP contribution in [0.4, 0.5) is 5.00 Å². The van der Waals surface area contributed by atoms with E-state index >= 15 is 0 Å². The average Bonchev–Trinajstić information content (AvgIpc) is 3.43. The first-order chi connectivity index (χ1) is 16.2. The molecule has 0 bridgehead atoms. The average molecular weight is 484 g/mol. The van der Waals surface area contributed by atoms with Gasteiger partial charge in [-0.15, -0.1) is 11.3 Å². The fraction of sp³-hybridized carbons (Fsp3) is 0.375. The van der Waals surface area contributed by atoms with Gasteiger partial charge in [0.05, 0.1) is 22.3 Å². The third kappa shape index (κ3) is 4.45. The number of aryl methyl sites for hydroxylation is 1. The van der Waals surface area contributed by atoms with Crippen LogP contribution < -0.4 is 11.1 Å². The predicted molar refractivity (Wildman–Crippen MR) is 125 cm³/mol. The highest BCUT2D eigenvalue weighted by Gasteiger charge is 2.36. The van der Waals surface area contributed by atoms with Gasteiger partial charge in [0.25, 0.3) is 23.6 Å². The molecule has 2 heterocycles. The highest BCUT2D eigenvalue weighted by Crippen LogP contribution is 2.38. The van der Waals surface area contributed by atoms with Crippen molar-refractivity contribution in [2.75, 3.05) is 18.5 Å². The van der Waals surface area contributed by atoms with Crippen molar-refractivity contribution in [3.63, 3.8) is 0 Å². The number of carbonyl (C=O) groups is 5. The number of primary amides is 1. The Balaban J connectivity index is 1.39. The molecule has 2 aromatic rings. The second kappa shape index (κ2) is 9.38. The number of amides is 4. The lowest BCUT2D eigenvalue weighted by molar-refractivity contribution is -0.119. The van der Waals surface area contributed by atoms with E-state index in [2.05, 4.69) is 5.32 Å². The minimum atomic E-state index is -0.803. The molecule has 0 saturated carbocycles. The lowest BCUT2D eigenvalue weighted by Crippen LogP contribution is -2.31. The van der Waals surface area contributed by atoms with E-state index < -0.39 is 30.3 Å². The Morgan fingerprint density at radius 1 is 1.15 bits per heavy atom. The number of rotatable bonds is 8. The number of ether oxygens (including phenoxy) is 1. The topological polar surface area (TPSA) is 136 Å². The van der Waals surface area contributed by atoms with Crippen molar-refractivity contribution in [1.82, 2.24) is 4.90 Å². The van der Waals surface area contributed by atoms with Gasteiger partial charge in [-0.3, -0.25) is 24.1 Å². The molecule has 0 spiro atoms. The molecule has 4 amide bonds. The van der Waals surface area contributed by atoms with Crippen LogP contribution in [0.3, 0.4) is 0 Å². The van der Waals surface area contributed by atoms with E-state index in [1.54, 1.807) is 0 Å². The Labute approximate surface area is 200 Å². The molecule has 34 heavy (non-hydrogen) atoms. The summed E-state index contributed by atoms with van der Waals surface area (Å²) < 4.78 is 5.10. The van der Waals surface area contributed by atoms with Crippen molar-refractivity contribution in [1.29, 1.82) is 0 Å². The van der Waals surface area contributed by atoms with Gasteiger partial charge in [-0.1, -0.05) is 13.8 Å². The summed E-state index contributed by atoms with van der Waals surface area (Å²) in [6.45, 7) is 3.73. The molecule has 4 rings (SSSR count). The van der Waals surface area contributed by atoms with Gasteiger partial charge in [-0.05, 0) is 55.4 Å². The molecular formula is C24H25N3O6S. The van der Waals surface area contributed by atoms with Gasteiger partial charge < -0.3 is 15.8 Å². The second-order valence-corrected chi connectivity index (χ2v) is 9.86. The first-order valence-corrected chi connectivity index (χ1v) is 11.9. The van der Waals surface area contributed by atoms with Gasteiger partial charge in [-0.2, -0.15) is 0 Å². The van der Waals surface area contributed by atoms with Gasteiger partial charge in [0.2, 0.25) is 0 Å². The van der Waals surface area contributed by atoms with Gasteiger partial charge >= 0.3 is 5.97 Å². The molecule has 0 unspecified atom stereocenters. The van der Waals surface area contributed by atoms with Gasteiger partial charge in [0, 0.05) is 11.4 Å². The Morgan fingerprint density at radius 2 is 1.88 bits per heavy atom. The number of carbonyl (C=O) groups excluding carboxylic acids is 5. The van der Waals surface area contributed by atoms with Crippen LogP contribution in [0.5, 0.6) is 0 Å². The standard InChI is InChI=1S/C24H25N3O6S/c1-12(2)8-9-27-22(30)14-7-6-13(10-16(14)23(27)31)24(32)33-11-18(28)26-21-19(20(25)29)15-4-3-5-17(15)34-21/h6-7,10,12H,3-5,8-9,11H2,1-2H3,(H2,25,29)(H,26,28). The molecule has 0 radical (unpaired) electrons. The molecule has 178 valence electrons. The number of anilines is 1. The van der Waals surface area contributed by atoms with E-state index in [4.69, 9.17) is 10.5 Å². The van der Waals surface area contributed by atoms with Crippen molar-refractivity contribution in [2.24, 2.45) is 11.7 Å². The van der Waals surface area contributed by atoms with Gasteiger partial charge in [-0.25, -0.2) is 4.79 Å². The normalized spacial score (nSPS) is 14.4. The molecule has 0 fully saturated rings. The van der Waals surface area contributed by atoms with Crippen molar-refractivity contribution in [2.45, 2.75) is 39.5 Å². The molecule has 1 aromatic carbocycles. The number of nitrogens with zero attached hydrogens (tertiary/aromatic N) is 1. The van der Waals surface area contributed by atoms with Crippen molar-refractivity contribution in [3.05, 3.63) is 50.9 Å². The molecule has 9 nitrogen and oxygen atoms in total. The molecule has 3 N–H and O–H groups in total. The number of nitrogens with two attached hydrogens (primary N) is 1. The largest absolute Gasteiger partial charge is 0.452 e. The number of hydrogen-bond acceptors (Lipinski definition) is 7. The van der Waals surface area contributed by atoms with E-state index in [1.807, 2.05) is 13.8 Å². The minimum Gasteiger partial charge on any atom is -0.452 e. The summed E-state index contributed by atoms with van der Waals surface area (Å²) in [5, 5.41) is 2.97. The number of esters is 1. The first kappa shape index (κ1) is 23.6. The van der Waals surface area contributed by atoms with Crippen LogP contribution in [0.1, 0.15) is 78.6 Å². The zero-order chi connectivity index (χ0) is 24.6. The zero-order valence-electron chi connectivity index (χ0n) is 18.9. The fourth-order valence-electron chi connectivity index (χ4n) is 4.14. The summed E-state index contributed by atoms with van der Waals surface area (Å²) in [5.41, 5.74) is 7.14. The summed E-state index contributed by atoms with van der Waals surface area (Å²) >= 11 is 1.31. The monoisotopic (exact) mass is 483 g/mol. The maximum absolute atomic E-state index is 12.7. The van der Waals surface area contributed by atoms with E-state index in [9.17, 15) is 24.0 Å². The maximum Gasteiger partial charge on any atom is 0.338 e. The van der Waals surface area contributed by atoms with Crippen LogP contribution in [-0.4, -0.2) is 47.6 Å². The van der Waals surface area contributed by atoms with E-state index in [0.29, 0.717) is 29.4 Å². The van der Waals surface area contributed by atoms with E-state index in [1.165, 1.54) is 34.4 Å². The molecule has 1 aromatic heterocycles. The lowest BCUT2D eigenvalue weighted by atomic mass is 10.1. The molecular weight excluding hydrogens is 458 g/mol. The number of fused-ring (bicyclic) bond motifs is 2. The Hall–Kier alpha value is -3.53. The smallest absolute Gasteiger partial charge is 0.338 e. The highest BCUT2D eigenvalue weighted by molar-refractivity contribution is 7.17. The number of benzene rings is 1. The Kier molecular flexibility index (Phi) is 6.52. The molecule has 1 aliphatic carbocycles. The molecule has 0 atom stereocenters. The van der Waals surface area contributed by atoms with E-state index in [0.717, 1.165) is 29.7 Å². The van der Waals surface area contributed by atoms with Crippen LogP contribution in [0.2, 0.25) is 0 Å². The fourth-order valence-corrected chi connectivity index (χ4v) is 5.45. The number of imide groups is 1. The number of nitrogens with one attached hydrogen (secondary N) is 1. The Bertz CT molecular complexity index is 1220. The third-order valence-corrected chi connectivity index (χ3v) is 7.10. The quantitative estimate of drug-likeness (QED) is 0.438. The molecule has 0 saturated heterocycles. The third-order valence-electron chi connectivity index (χ3n) is 5.89. The number of hydrogen-bond donors (Lipinski definition) is 2. The summed E-state index contributed by atoms with van der Waals surface area (Å²) in [6, 6.07) is 4.14. The lowest BCUT2D eigenvalue weighted by Gasteiger charge is -2.14. The summed E-state index contributed by atoms with van der Waals surface area (Å²) in [7, 11) is 0.